The minimum Gasteiger partial charge on any atom is -0.467 e. The molecule has 0 aromatic heterocycles. The van der Waals surface area contributed by atoms with Crippen LogP contribution in [0.25, 0.3) is 0 Å². The molecule has 2 N–H and O–H groups in total. The summed E-state index contributed by atoms with van der Waals surface area (Å²) in [5.41, 5.74) is 9.97. The summed E-state index contributed by atoms with van der Waals surface area (Å²) in [6.45, 7) is 1.92. The van der Waals surface area contributed by atoms with Crippen LogP contribution < -0.4 is 10.5 Å². The van der Waals surface area contributed by atoms with Crippen LogP contribution in [-0.4, -0.2) is 23.6 Å². The van der Waals surface area contributed by atoms with Crippen LogP contribution in [0.5, 0.6) is 5.75 Å². The highest BCUT2D eigenvalue weighted by Gasteiger charge is 2.31. The van der Waals surface area contributed by atoms with Crippen molar-refractivity contribution in [1.29, 1.82) is 0 Å². The third kappa shape index (κ3) is 3.23. The summed E-state index contributed by atoms with van der Waals surface area (Å²) in [6.07, 6.45) is 0.623. The number of carbonyl (C=O) groups excluding carboxylic acids is 1. The van der Waals surface area contributed by atoms with Gasteiger partial charge in [0.1, 0.15) is 5.75 Å². The molecule has 0 saturated carbocycles. The van der Waals surface area contributed by atoms with E-state index >= 15 is 0 Å². The van der Waals surface area contributed by atoms with Gasteiger partial charge in [0.05, 0.1) is 12.6 Å². The molecule has 25 heavy (non-hydrogen) atoms. The van der Waals surface area contributed by atoms with Gasteiger partial charge in [-0.1, -0.05) is 35.9 Å². The fourth-order valence-corrected chi connectivity index (χ4v) is 3.88. The average molecular weight is 359 g/mol. The molecule has 0 bridgehead atoms. The van der Waals surface area contributed by atoms with E-state index in [-0.39, 0.29) is 18.7 Å². The van der Waals surface area contributed by atoms with Crippen molar-refractivity contribution in [3.8, 4) is 5.75 Å². The Morgan fingerprint density at radius 3 is 2.84 bits per heavy atom. The second-order valence-corrected chi connectivity index (χ2v) is 6.90. The Labute approximate surface area is 151 Å². The van der Waals surface area contributed by atoms with Gasteiger partial charge >= 0.3 is 0 Å². The van der Waals surface area contributed by atoms with E-state index in [1.807, 2.05) is 24.3 Å². The monoisotopic (exact) mass is 358 g/mol. The Morgan fingerprint density at radius 2 is 2.04 bits per heavy atom. The summed E-state index contributed by atoms with van der Waals surface area (Å²) in [4.78, 5) is 14.1. The molecule has 0 fully saturated rings. The molecule has 2 aromatic rings. The maximum absolute atomic E-state index is 12.0. The molecule has 2 aliphatic heterocycles. The topological polar surface area (TPSA) is 64.8 Å². The Morgan fingerprint density at radius 1 is 1.24 bits per heavy atom. The van der Waals surface area contributed by atoms with Crippen molar-refractivity contribution in [3.63, 3.8) is 0 Å². The zero-order valence-corrected chi connectivity index (χ0v) is 14.5. The first-order valence-corrected chi connectivity index (χ1v) is 8.61. The van der Waals surface area contributed by atoms with Crippen molar-refractivity contribution in [2.45, 2.75) is 32.2 Å². The van der Waals surface area contributed by atoms with Gasteiger partial charge in [-0.05, 0) is 29.7 Å². The summed E-state index contributed by atoms with van der Waals surface area (Å²) < 4.78 is 11.0. The maximum atomic E-state index is 12.0. The third-order valence-corrected chi connectivity index (χ3v) is 5.02. The first-order valence-electron chi connectivity index (χ1n) is 8.24. The lowest BCUT2D eigenvalue weighted by Crippen LogP contribution is -2.48. The molecule has 1 amide bonds. The quantitative estimate of drug-likeness (QED) is 0.916. The number of halogens is 1. The van der Waals surface area contributed by atoms with Gasteiger partial charge < -0.3 is 15.2 Å². The van der Waals surface area contributed by atoms with E-state index in [2.05, 4.69) is 17.0 Å². The molecule has 0 spiro atoms. The molecule has 6 heteroatoms. The summed E-state index contributed by atoms with van der Waals surface area (Å²) in [5, 5.41) is 0.635. The molecule has 2 aliphatic rings. The number of hydrogen-bond donors (Lipinski definition) is 1. The van der Waals surface area contributed by atoms with Crippen LogP contribution in [0.4, 0.5) is 0 Å². The number of carbonyl (C=O) groups is 1. The van der Waals surface area contributed by atoms with Gasteiger partial charge in [-0.25, -0.2) is 0 Å². The van der Waals surface area contributed by atoms with Gasteiger partial charge in [-0.15, -0.1) is 0 Å². The van der Waals surface area contributed by atoms with Crippen molar-refractivity contribution in [3.05, 3.63) is 63.7 Å². The predicted octanol–water partition coefficient (Wildman–Crippen LogP) is 2.62. The summed E-state index contributed by atoms with van der Waals surface area (Å²) in [6, 6.07) is 11.6. The van der Waals surface area contributed by atoms with Crippen molar-refractivity contribution in [2.24, 2.45) is 5.73 Å². The second-order valence-electron chi connectivity index (χ2n) is 6.46. The lowest BCUT2D eigenvalue weighted by atomic mass is 9.93. The maximum Gasteiger partial charge on any atom is 0.235 e. The van der Waals surface area contributed by atoms with E-state index in [9.17, 15) is 4.79 Å². The number of amides is 1. The highest BCUT2D eigenvalue weighted by molar-refractivity contribution is 6.30. The Bertz CT molecular complexity index is 824. The summed E-state index contributed by atoms with van der Waals surface area (Å²) in [5.74, 6) is 0.493. The smallest absolute Gasteiger partial charge is 0.235 e. The molecule has 1 atom stereocenters. The molecule has 0 radical (unpaired) electrons. The van der Waals surface area contributed by atoms with Crippen molar-refractivity contribution < 1.29 is 14.3 Å². The zero-order chi connectivity index (χ0) is 17.4. The number of benzene rings is 2. The fourth-order valence-electron chi connectivity index (χ4n) is 3.62. The lowest BCUT2D eigenvalue weighted by molar-refractivity contribution is -0.124. The van der Waals surface area contributed by atoms with E-state index < -0.39 is 0 Å². The molecule has 0 aliphatic carbocycles. The Hall–Kier alpha value is -2.08. The number of rotatable bonds is 3. The minimum absolute atomic E-state index is 0.226. The molecule has 2 aromatic carbocycles. The van der Waals surface area contributed by atoms with E-state index in [4.69, 9.17) is 26.8 Å². The molecular weight excluding hydrogens is 340 g/mol. The van der Waals surface area contributed by atoms with Crippen molar-refractivity contribution >= 4 is 17.5 Å². The minimum atomic E-state index is -0.343. The van der Waals surface area contributed by atoms with Crippen LogP contribution in [0.3, 0.4) is 0 Å². The second kappa shape index (κ2) is 6.67. The first kappa shape index (κ1) is 16.4. The Kier molecular flexibility index (Phi) is 4.37. The fraction of sp³-hybridized carbons (Fsp3) is 0.316. The van der Waals surface area contributed by atoms with E-state index in [0.29, 0.717) is 31.1 Å². The average Bonchev–Trinajstić information content (AvgIpc) is 2.61. The van der Waals surface area contributed by atoms with Crippen LogP contribution in [0.1, 0.15) is 22.3 Å². The van der Waals surface area contributed by atoms with E-state index in [0.717, 1.165) is 16.9 Å². The molecular formula is C19H19ClN2O3. The predicted molar refractivity (Wildman–Crippen MR) is 94.1 cm³/mol. The summed E-state index contributed by atoms with van der Waals surface area (Å²) >= 11 is 6.26. The molecule has 0 saturated heterocycles. The van der Waals surface area contributed by atoms with Gasteiger partial charge in [-0.3, -0.25) is 9.69 Å². The first-order chi connectivity index (χ1) is 12.1. The number of ether oxygens (including phenoxy) is 2. The summed E-state index contributed by atoms with van der Waals surface area (Å²) in [7, 11) is 0. The van der Waals surface area contributed by atoms with Crippen LogP contribution in [0.15, 0.2) is 36.4 Å². The van der Waals surface area contributed by atoms with E-state index in [1.165, 1.54) is 11.1 Å². The van der Waals surface area contributed by atoms with Gasteiger partial charge in [0.2, 0.25) is 5.91 Å². The number of primary amides is 1. The van der Waals surface area contributed by atoms with E-state index in [1.54, 1.807) is 0 Å². The van der Waals surface area contributed by atoms with Crippen LogP contribution in [0, 0.1) is 0 Å². The molecule has 0 unspecified atom stereocenters. The largest absolute Gasteiger partial charge is 0.467 e. The van der Waals surface area contributed by atoms with Crippen LogP contribution in [-0.2, 0) is 35.6 Å². The number of nitrogens with two attached hydrogens (primary N) is 1. The highest BCUT2D eigenvalue weighted by Crippen LogP contribution is 2.34. The Balaban J connectivity index is 1.67. The van der Waals surface area contributed by atoms with Gasteiger partial charge in [0.25, 0.3) is 0 Å². The standard InChI is InChI=1S/C19H19ClN2O3/c20-16-5-14(18-15(6-16)10-24-11-25-18)9-22-8-13-4-2-1-3-12(13)7-17(22)19(21)23/h1-6,17H,7-11H2,(H2,21,23)/t17-/m0/s1. The number of fused-ring (bicyclic) bond motifs is 2. The van der Waals surface area contributed by atoms with Crippen molar-refractivity contribution in [2.75, 3.05) is 6.79 Å². The number of hydrogen-bond acceptors (Lipinski definition) is 4. The highest BCUT2D eigenvalue weighted by atomic mass is 35.5. The third-order valence-electron chi connectivity index (χ3n) is 4.80. The van der Waals surface area contributed by atoms with Gasteiger partial charge in [0.15, 0.2) is 6.79 Å². The molecule has 5 nitrogen and oxygen atoms in total. The van der Waals surface area contributed by atoms with Crippen molar-refractivity contribution in [1.82, 2.24) is 4.90 Å². The number of nitrogens with zero attached hydrogens (tertiary/aromatic N) is 1. The zero-order valence-electron chi connectivity index (χ0n) is 13.7. The van der Waals surface area contributed by atoms with Crippen LogP contribution in [0.2, 0.25) is 5.02 Å². The SMILES string of the molecule is NC(=O)[C@@H]1Cc2ccccc2CN1Cc1cc(Cl)cc2c1OCOC2. The molecule has 4 rings (SSSR count). The molecule has 130 valence electrons. The van der Waals surface area contributed by atoms with Gasteiger partial charge in [-0.2, -0.15) is 0 Å². The lowest BCUT2D eigenvalue weighted by Gasteiger charge is -2.35. The van der Waals surface area contributed by atoms with Gasteiger partial charge in [0, 0.05) is 29.2 Å². The van der Waals surface area contributed by atoms with Crippen LogP contribution >= 0.6 is 11.6 Å². The normalized spacial score (nSPS) is 19.6. The molecule has 2 heterocycles.